The Morgan fingerprint density at radius 3 is 2.32 bits per heavy atom. The zero-order valence-electron chi connectivity index (χ0n) is 13.6. The molecule has 0 atom stereocenters. The first kappa shape index (κ1) is 21.5. The van der Waals surface area contributed by atoms with E-state index in [1.54, 1.807) is 0 Å². The van der Waals surface area contributed by atoms with Gasteiger partial charge in [0.15, 0.2) is 5.17 Å². The Balaban J connectivity index is 0.00000312. The molecule has 0 aliphatic rings. The molecule has 0 saturated carbocycles. The van der Waals surface area contributed by atoms with Gasteiger partial charge in [0.25, 0.3) is 0 Å². The Hall–Kier alpha value is -1.50. The van der Waals surface area contributed by atoms with Crippen molar-refractivity contribution in [1.29, 1.82) is 5.41 Å². The standard InChI is InChI=1S/C18H20ClN3OS.BrH/c19-16-8-4-3-5-13(16)9-10-22-17(23)11-14-6-1-2-7-15(14)12-24-18(20)21;/h1-8H,9-12H2,(H3,20,21)(H,22,23);1H. The molecule has 2 rings (SSSR count). The van der Waals surface area contributed by atoms with Gasteiger partial charge in [0.2, 0.25) is 5.91 Å². The SMILES string of the molecule is Br.N=C(N)SCc1ccccc1CC(=O)NCCc1ccccc1Cl. The number of thioether (sulfide) groups is 1. The molecule has 7 heteroatoms. The number of nitrogens with one attached hydrogen (secondary N) is 2. The molecule has 0 unspecified atom stereocenters. The molecule has 0 aliphatic heterocycles. The maximum absolute atomic E-state index is 12.2. The zero-order valence-corrected chi connectivity index (χ0v) is 16.9. The Labute approximate surface area is 167 Å². The zero-order chi connectivity index (χ0) is 17.4. The summed E-state index contributed by atoms with van der Waals surface area (Å²) in [4.78, 5) is 12.2. The fourth-order valence-corrected chi connectivity index (χ4v) is 3.12. The summed E-state index contributed by atoms with van der Waals surface area (Å²) >= 11 is 7.36. The Morgan fingerprint density at radius 1 is 1.08 bits per heavy atom. The molecular formula is C18H21BrClN3OS. The first-order chi connectivity index (χ1) is 11.6. The molecule has 1 amide bonds. The fraction of sp³-hybridized carbons (Fsp3) is 0.222. The summed E-state index contributed by atoms with van der Waals surface area (Å²) < 4.78 is 0. The van der Waals surface area contributed by atoms with Gasteiger partial charge in [-0.2, -0.15) is 0 Å². The number of carbonyl (C=O) groups is 1. The van der Waals surface area contributed by atoms with Crippen LogP contribution in [0.3, 0.4) is 0 Å². The highest BCUT2D eigenvalue weighted by Crippen LogP contribution is 2.17. The summed E-state index contributed by atoms with van der Waals surface area (Å²) in [6, 6.07) is 15.4. The van der Waals surface area contributed by atoms with Crippen LogP contribution in [0.4, 0.5) is 0 Å². The molecule has 0 fully saturated rings. The van der Waals surface area contributed by atoms with Crippen molar-refractivity contribution in [2.75, 3.05) is 6.54 Å². The van der Waals surface area contributed by atoms with Crippen LogP contribution in [0, 0.1) is 5.41 Å². The molecule has 0 aliphatic carbocycles. The van der Waals surface area contributed by atoms with E-state index >= 15 is 0 Å². The monoisotopic (exact) mass is 441 g/mol. The molecule has 0 spiro atoms. The van der Waals surface area contributed by atoms with Gasteiger partial charge in [-0.3, -0.25) is 10.2 Å². The van der Waals surface area contributed by atoms with Crippen molar-refractivity contribution in [2.45, 2.75) is 18.6 Å². The number of hydrogen-bond donors (Lipinski definition) is 3. The van der Waals surface area contributed by atoms with Gasteiger partial charge >= 0.3 is 0 Å². The van der Waals surface area contributed by atoms with E-state index in [0.717, 1.165) is 21.7 Å². The number of carbonyl (C=O) groups excluding carboxylic acids is 1. The van der Waals surface area contributed by atoms with Gasteiger partial charge in [-0.1, -0.05) is 65.8 Å². The Bertz CT molecular complexity index is 727. The normalized spacial score (nSPS) is 9.96. The molecule has 0 bridgehead atoms. The molecule has 25 heavy (non-hydrogen) atoms. The molecule has 134 valence electrons. The predicted octanol–water partition coefficient (Wildman–Crippen LogP) is 3.95. The van der Waals surface area contributed by atoms with Crippen LogP contribution in [0.15, 0.2) is 48.5 Å². The summed E-state index contributed by atoms with van der Waals surface area (Å²) in [6.07, 6.45) is 1.02. The summed E-state index contributed by atoms with van der Waals surface area (Å²) in [7, 11) is 0. The highest BCUT2D eigenvalue weighted by molar-refractivity contribution is 8.93. The van der Waals surface area contributed by atoms with Gasteiger partial charge < -0.3 is 11.1 Å². The van der Waals surface area contributed by atoms with Crippen LogP contribution in [0.5, 0.6) is 0 Å². The van der Waals surface area contributed by atoms with Crippen LogP contribution in [0.2, 0.25) is 5.02 Å². The summed E-state index contributed by atoms with van der Waals surface area (Å²) in [5, 5.41) is 11.0. The van der Waals surface area contributed by atoms with Crippen molar-refractivity contribution < 1.29 is 4.79 Å². The predicted molar refractivity (Wildman–Crippen MR) is 112 cm³/mol. The van der Waals surface area contributed by atoms with Gasteiger partial charge in [0.05, 0.1) is 6.42 Å². The first-order valence-electron chi connectivity index (χ1n) is 7.60. The van der Waals surface area contributed by atoms with Crippen LogP contribution in [-0.4, -0.2) is 17.6 Å². The summed E-state index contributed by atoms with van der Waals surface area (Å²) in [6.45, 7) is 0.549. The summed E-state index contributed by atoms with van der Waals surface area (Å²) in [5.41, 5.74) is 8.39. The average Bonchev–Trinajstić information content (AvgIpc) is 2.56. The molecule has 0 heterocycles. The van der Waals surface area contributed by atoms with Gasteiger partial charge in [-0.15, -0.1) is 17.0 Å². The number of nitrogens with two attached hydrogens (primary N) is 1. The molecular weight excluding hydrogens is 422 g/mol. The molecule has 4 nitrogen and oxygen atoms in total. The quantitative estimate of drug-likeness (QED) is 0.449. The minimum Gasteiger partial charge on any atom is -0.379 e. The molecule has 0 aromatic heterocycles. The lowest BCUT2D eigenvalue weighted by atomic mass is 10.1. The smallest absolute Gasteiger partial charge is 0.224 e. The van der Waals surface area contributed by atoms with Crippen molar-refractivity contribution in [3.8, 4) is 0 Å². The van der Waals surface area contributed by atoms with Crippen LogP contribution in [0.1, 0.15) is 16.7 Å². The fourth-order valence-electron chi connectivity index (χ4n) is 2.30. The van der Waals surface area contributed by atoms with Gasteiger partial charge in [-0.25, -0.2) is 0 Å². The lowest BCUT2D eigenvalue weighted by molar-refractivity contribution is -0.120. The van der Waals surface area contributed by atoms with E-state index in [9.17, 15) is 4.79 Å². The van der Waals surface area contributed by atoms with Gasteiger partial charge in [-0.05, 0) is 29.2 Å². The van der Waals surface area contributed by atoms with Crippen molar-refractivity contribution in [3.63, 3.8) is 0 Å². The van der Waals surface area contributed by atoms with E-state index < -0.39 is 0 Å². The minimum atomic E-state index is -0.0256. The highest BCUT2D eigenvalue weighted by atomic mass is 79.9. The Kier molecular flexibility index (Phi) is 9.63. The largest absolute Gasteiger partial charge is 0.379 e. The highest BCUT2D eigenvalue weighted by Gasteiger charge is 2.08. The Morgan fingerprint density at radius 2 is 1.68 bits per heavy atom. The van der Waals surface area contributed by atoms with Crippen molar-refractivity contribution in [2.24, 2.45) is 5.73 Å². The molecule has 2 aromatic carbocycles. The average molecular weight is 443 g/mol. The lowest BCUT2D eigenvalue weighted by Crippen LogP contribution is -2.27. The number of amides is 1. The number of rotatable bonds is 7. The number of benzene rings is 2. The van der Waals surface area contributed by atoms with E-state index in [1.165, 1.54) is 11.8 Å². The number of hydrogen-bond acceptors (Lipinski definition) is 3. The van der Waals surface area contributed by atoms with E-state index in [1.807, 2.05) is 48.5 Å². The van der Waals surface area contributed by atoms with Crippen LogP contribution in [-0.2, 0) is 23.4 Å². The summed E-state index contributed by atoms with van der Waals surface area (Å²) in [5.74, 6) is 0.570. The number of amidine groups is 1. The third-order valence-corrected chi connectivity index (χ3v) is 4.66. The van der Waals surface area contributed by atoms with Crippen LogP contribution in [0.25, 0.3) is 0 Å². The van der Waals surface area contributed by atoms with E-state index in [-0.39, 0.29) is 28.1 Å². The second-order valence-electron chi connectivity index (χ2n) is 5.29. The number of halogens is 2. The molecule has 0 saturated heterocycles. The topological polar surface area (TPSA) is 79.0 Å². The van der Waals surface area contributed by atoms with Crippen molar-refractivity contribution in [1.82, 2.24) is 5.32 Å². The third kappa shape index (κ3) is 7.50. The van der Waals surface area contributed by atoms with E-state index in [0.29, 0.717) is 25.1 Å². The van der Waals surface area contributed by atoms with E-state index in [2.05, 4.69) is 5.32 Å². The van der Waals surface area contributed by atoms with E-state index in [4.69, 9.17) is 22.7 Å². The molecule has 2 aromatic rings. The van der Waals surface area contributed by atoms with Crippen molar-refractivity contribution in [3.05, 3.63) is 70.2 Å². The second kappa shape index (κ2) is 11.2. The maximum atomic E-state index is 12.2. The molecule has 4 N–H and O–H groups in total. The maximum Gasteiger partial charge on any atom is 0.224 e. The van der Waals surface area contributed by atoms with Gasteiger partial charge in [0, 0.05) is 17.3 Å². The minimum absolute atomic E-state index is 0. The van der Waals surface area contributed by atoms with Crippen molar-refractivity contribution >= 4 is 51.4 Å². The van der Waals surface area contributed by atoms with Gasteiger partial charge in [0.1, 0.15) is 0 Å². The molecule has 0 radical (unpaired) electrons. The lowest BCUT2D eigenvalue weighted by Gasteiger charge is -2.10. The second-order valence-corrected chi connectivity index (χ2v) is 6.71. The van der Waals surface area contributed by atoms with Crippen LogP contribution >= 0.6 is 40.3 Å². The third-order valence-electron chi connectivity index (χ3n) is 3.53. The van der Waals surface area contributed by atoms with Crippen LogP contribution < -0.4 is 11.1 Å². The first-order valence-corrected chi connectivity index (χ1v) is 8.96.